The molecular formula is C28H33N3O5S. The molecule has 8 nitrogen and oxygen atoms in total. The topological polar surface area (TPSA) is 96.0 Å². The lowest BCUT2D eigenvalue weighted by molar-refractivity contribution is -0.138. The molecule has 0 aliphatic rings. The van der Waals surface area contributed by atoms with Gasteiger partial charge < -0.3 is 15.0 Å². The number of nitrogens with zero attached hydrogens (tertiary/aromatic N) is 2. The van der Waals surface area contributed by atoms with Gasteiger partial charge in [-0.2, -0.15) is 0 Å². The first kappa shape index (κ1) is 27.7. The number of hydrogen-bond acceptors (Lipinski definition) is 5. The Labute approximate surface area is 218 Å². The second-order valence-electron chi connectivity index (χ2n) is 8.64. The molecule has 0 unspecified atom stereocenters. The van der Waals surface area contributed by atoms with Gasteiger partial charge in [0.2, 0.25) is 11.8 Å². The summed E-state index contributed by atoms with van der Waals surface area (Å²) in [6.07, 6.45) is 0.512. The van der Waals surface area contributed by atoms with Gasteiger partial charge in [-0.05, 0) is 50.1 Å². The van der Waals surface area contributed by atoms with E-state index < -0.39 is 28.5 Å². The maximum atomic E-state index is 13.8. The molecule has 3 aromatic carbocycles. The molecule has 0 heterocycles. The predicted molar refractivity (Wildman–Crippen MR) is 144 cm³/mol. The highest BCUT2D eigenvalue weighted by Gasteiger charge is 2.32. The van der Waals surface area contributed by atoms with Crippen LogP contribution in [0.1, 0.15) is 18.1 Å². The molecule has 2 amide bonds. The lowest BCUT2D eigenvalue weighted by Gasteiger charge is -2.31. The first-order chi connectivity index (χ1) is 17.7. The molecule has 3 rings (SSSR count). The van der Waals surface area contributed by atoms with Crippen molar-refractivity contribution in [2.45, 2.75) is 31.2 Å². The van der Waals surface area contributed by atoms with Crippen LogP contribution in [-0.4, -0.2) is 58.4 Å². The number of methoxy groups -OCH3 is 1. The molecule has 0 spiro atoms. The zero-order valence-corrected chi connectivity index (χ0v) is 22.4. The number of aryl methyl sites for hydroxylation is 1. The molecule has 3 aromatic rings. The van der Waals surface area contributed by atoms with Gasteiger partial charge in [-0.15, -0.1) is 0 Å². The molecule has 1 atom stereocenters. The van der Waals surface area contributed by atoms with Crippen molar-refractivity contribution in [3.8, 4) is 5.75 Å². The molecular weight excluding hydrogens is 490 g/mol. The lowest BCUT2D eigenvalue weighted by atomic mass is 10.1. The summed E-state index contributed by atoms with van der Waals surface area (Å²) in [5.74, 6) is -0.380. The van der Waals surface area contributed by atoms with Crippen LogP contribution in [0.25, 0.3) is 0 Å². The first-order valence-electron chi connectivity index (χ1n) is 12.0. The third kappa shape index (κ3) is 6.89. The number of amides is 2. The number of rotatable bonds is 11. The van der Waals surface area contributed by atoms with Gasteiger partial charge in [0.25, 0.3) is 10.0 Å². The molecule has 0 saturated carbocycles. The Hall–Kier alpha value is -3.85. The smallest absolute Gasteiger partial charge is 0.264 e. The highest BCUT2D eigenvalue weighted by molar-refractivity contribution is 7.92. The van der Waals surface area contributed by atoms with E-state index in [4.69, 9.17) is 4.74 Å². The highest BCUT2D eigenvalue weighted by atomic mass is 32.2. The number of benzene rings is 3. The van der Waals surface area contributed by atoms with Gasteiger partial charge in [0.1, 0.15) is 18.3 Å². The van der Waals surface area contributed by atoms with Crippen LogP contribution in [0.5, 0.6) is 5.75 Å². The second-order valence-corrected chi connectivity index (χ2v) is 10.5. The Morgan fingerprint density at radius 1 is 0.973 bits per heavy atom. The first-order valence-corrected chi connectivity index (χ1v) is 13.4. The zero-order chi connectivity index (χ0) is 27.0. The lowest BCUT2D eigenvalue weighted by Crippen LogP contribution is -2.51. The van der Waals surface area contributed by atoms with Crippen LogP contribution in [0.15, 0.2) is 83.8 Å². The fourth-order valence-corrected chi connectivity index (χ4v) is 5.32. The number of anilines is 1. The summed E-state index contributed by atoms with van der Waals surface area (Å²) in [5, 5.41) is 2.58. The van der Waals surface area contributed by atoms with Gasteiger partial charge in [-0.3, -0.25) is 13.9 Å². The number of likely N-dealkylation sites (N-methyl/N-ethyl adjacent to an activating group) is 1. The van der Waals surface area contributed by atoms with E-state index in [0.717, 1.165) is 15.4 Å². The Bertz CT molecular complexity index is 1310. The van der Waals surface area contributed by atoms with Crippen molar-refractivity contribution in [3.05, 3.63) is 90.0 Å². The van der Waals surface area contributed by atoms with E-state index in [-0.39, 0.29) is 23.0 Å². The fraction of sp³-hybridized carbons (Fsp3) is 0.286. The van der Waals surface area contributed by atoms with E-state index >= 15 is 0 Å². The van der Waals surface area contributed by atoms with Crippen LogP contribution < -0.4 is 14.4 Å². The molecule has 0 bridgehead atoms. The standard InChI is InChI=1S/C28H33N3O5S/c1-21-13-15-26(16-14-21)37(34,35)31(24-11-8-12-25(19-24)36-4)20-27(32)30(22(2)28(33)29-3)18-17-23-9-6-5-7-10-23/h5-16,19,22H,17-18,20H2,1-4H3,(H,29,33)/t22-/m1/s1. The van der Waals surface area contributed by atoms with Crippen molar-refractivity contribution in [2.75, 3.05) is 31.6 Å². The minimum atomic E-state index is -4.11. The van der Waals surface area contributed by atoms with Crippen molar-refractivity contribution in [1.82, 2.24) is 10.2 Å². The maximum absolute atomic E-state index is 13.8. The average molecular weight is 524 g/mol. The van der Waals surface area contributed by atoms with Gasteiger partial charge in [0.05, 0.1) is 17.7 Å². The van der Waals surface area contributed by atoms with E-state index in [9.17, 15) is 18.0 Å². The number of hydrogen-bond donors (Lipinski definition) is 1. The van der Waals surface area contributed by atoms with E-state index in [1.54, 1.807) is 43.3 Å². The van der Waals surface area contributed by atoms with Gasteiger partial charge >= 0.3 is 0 Å². The molecule has 0 saturated heterocycles. The highest BCUT2D eigenvalue weighted by Crippen LogP contribution is 2.27. The maximum Gasteiger partial charge on any atom is 0.264 e. The second kappa shape index (κ2) is 12.4. The molecule has 9 heteroatoms. The number of ether oxygens (including phenoxy) is 1. The normalized spacial score (nSPS) is 11.9. The van der Waals surface area contributed by atoms with Gasteiger partial charge in [-0.25, -0.2) is 8.42 Å². The molecule has 1 N–H and O–H groups in total. The number of nitrogens with one attached hydrogen (secondary N) is 1. The van der Waals surface area contributed by atoms with Crippen LogP contribution >= 0.6 is 0 Å². The van der Waals surface area contributed by atoms with Crippen LogP contribution in [0.2, 0.25) is 0 Å². The minimum Gasteiger partial charge on any atom is -0.497 e. The predicted octanol–water partition coefficient (Wildman–Crippen LogP) is 3.40. The van der Waals surface area contributed by atoms with Crippen molar-refractivity contribution in [2.24, 2.45) is 0 Å². The number of carbonyl (C=O) groups excluding carboxylic acids is 2. The van der Waals surface area contributed by atoms with Crippen LogP contribution in [-0.2, 0) is 26.0 Å². The van der Waals surface area contributed by atoms with Crippen LogP contribution in [0, 0.1) is 6.92 Å². The SMILES string of the molecule is CNC(=O)[C@@H](C)N(CCc1ccccc1)C(=O)CN(c1cccc(OC)c1)S(=O)(=O)c1ccc(C)cc1. The number of sulfonamides is 1. The molecule has 0 fully saturated rings. The van der Waals surface area contributed by atoms with E-state index in [1.807, 2.05) is 37.3 Å². The summed E-state index contributed by atoms with van der Waals surface area (Å²) >= 11 is 0. The third-order valence-corrected chi connectivity index (χ3v) is 7.92. The van der Waals surface area contributed by atoms with Crippen LogP contribution in [0.4, 0.5) is 5.69 Å². The monoisotopic (exact) mass is 523 g/mol. The average Bonchev–Trinajstić information content (AvgIpc) is 2.91. The molecule has 0 aromatic heterocycles. The quantitative estimate of drug-likeness (QED) is 0.416. The Morgan fingerprint density at radius 3 is 2.27 bits per heavy atom. The summed E-state index contributed by atoms with van der Waals surface area (Å²) in [7, 11) is -1.12. The van der Waals surface area contributed by atoms with Crippen molar-refractivity contribution in [3.63, 3.8) is 0 Å². The minimum absolute atomic E-state index is 0.0592. The van der Waals surface area contributed by atoms with Crippen LogP contribution in [0.3, 0.4) is 0 Å². The summed E-state index contributed by atoms with van der Waals surface area (Å²) in [5.41, 5.74) is 2.19. The van der Waals surface area contributed by atoms with Gasteiger partial charge in [0.15, 0.2) is 0 Å². The zero-order valence-electron chi connectivity index (χ0n) is 21.5. The molecule has 0 aliphatic carbocycles. The van der Waals surface area contributed by atoms with E-state index in [0.29, 0.717) is 12.2 Å². The Morgan fingerprint density at radius 2 is 1.65 bits per heavy atom. The fourth-order valence-electron chi connectivity index (χ4n) is 3.91. The Kier molecular flexibility index (Phi) is 9.30. The summed E-state index contributed by atoms with van der Waals surface area (Å²) in [6.45, 7) is 3.25. The summed E-state index contributed by atoms with van der Waals surface area (Å²) in [6, 6.07) is 21.8. The summed E-state index contributed by atoms with van der Waals surface area (Å²) < 4.78 is 33.9. The summed E-state index contributed by atoms with van der Waals surface area (Å²) in [4.78, 5) is 27.7. The largest absolute Gasteiger partial charge is 0.497 e. The molecule has 37 heavy (non-hydrogen) atoms. The van der Waals surface area contributed by atoms with E-state index in [1.165, 1.54) is 31.2 Å². The van der Waals surface area contributed by atoms with Crippen molar-refractivity contribution in [1.29, 1.82) is 0 Å². The number of carbonyl (C=O) groups is 2. The molecule has 0 radical (unpaired) electrons. The Balaban J connectivity index is 1.99. The van der Waals surface area contributed by atoms with Gasteiger partial charge in [-0.1, -0.05) is 54.1 Å². The van der Waals surface area contributed by atoms with E-state index in [2.05, 4.69) is 5.32 Å². The van der Waals surface area contributed by atoms with Gasteiger partial charge in [0, 0.05) is 19.7 Å². The van der Waals surface area contributed by atoms with Crippen molar-refractivity contribution < 1.29 is 22.7 Å². The molecule has 196 valence electrons. The molecule has 0 aliphatic heterocycles. The van der Waals surface area contributed by atoms with Crippen molar-refractivity contribution >= 4 is 27.5 Å². The third-order valence-electron chi connectivity index (χ3n) is 6.13.